The van der Waals surface area contributed by atoms with Gasteiger partial charge in [0.15, 0.2) is 5.96 Å². The predicted molar refractivity (Wildman–Crippen MR) is 110 cm³/mol. The van der Waals surface area contributed by atoms with E-state index in [1.807, 2.05) is 0 Å². The number of carbonyl (C=O) groups is 1. The average Bonchev–Trinajstić information content (AvgIpc) is 2.99. The largest absolute Gasteiger partial charge is 0.385 e. The highest BCUT2D eigenvalue weighted by molar-refractivity contribution is 14.0. The summed E-state index contributed by atoms with van der Waals surface area (Å²) in [7, 11) is 5.32. The van der Waals surface area contributed by atoms with Gasteiger partial charge in [-0.25, -0.2) is 0 Å². The number of nitrogens with zero attached hydrogens (tertiary/aromatic N) is 2. The molecule has 7 heteroatoms. The topological polar surface area (TPSA) is 66.0 Å². The molecule has 0 bridgehead atoms. The molecule has 0 aromatic heterocycles. The second-order valence-electron chi connectivity index (χ2n) is 6.61. The van der Waals surface area contributed by atoms with Crippen molar-refractivity contribution in [3.8, 4) is 0 Å². The van der Waals surface area contributed by atoms with Crippen LogP contribution in [-0.2, 0) is 9.53 Å². The van der Waals surface area contributed by atoms with E-state index in [4.69, 9.17) is 9.73 Å². The third-order valence-electron chi connectivity index (χ3n) is 4.55. The zero-order valence-corrected chi connectivity index (χ0v) is 18.0. The van der Waals surface area contributed by atoms with Crippen molar-refractivity contribution in [2.45, 2.75) is 45.4 Å². The number of ether oxygens (including phenoxy) is 1. The van der Waals surface area contributed by atoms with Crippen molar-refractivity contribution in [3.05, 3.63) is 0 Å². The first-order chi connectivity index (χ1) is 11.0. The molecule has 0 aromatic rings. The number of nitrogens with one attached hydrogen (secondary N) is 2. The van der Waals surface area contributed by atoms with Crippen molar-refractivity contribution in [2.24, 2.45) is 10.4 Å². The summed E-state index contributed by atoms with van der Waals surface area (Å²) in [5.41, 5.74) is 0.290. The molecule has 0 spiro atoms. The fraction of sp³-hybridized carbons (Fsp3) is 0.882. The summed E-state index contributed by atoms with van der Waals surface area (Å²) in [5.74, 6) is 0.934. The molecule has 1 aliphatic rings. The summed E-state index contributed by atoms with van der Waals surface area (Å²) in [6.07, 6.45) is 6.61. The van der Waals surface area contributed by atoms with Gasteiger partial charge in [0.1, 0.15) is 0 Å². The van der Waals surface area contributed by atoms with Gasteiger partial charge in [0, 0.05) is 53.9 Å². The summed E-state index contributed by atoms with van der Waals surface area (Å²) < 4.78 is 5.27. The molecule has 0 saturated heterocycles. The summed E-state index contributed by atoms with van der Waals surface area (Å²) in [6.45, 7) is 5.11. The lowest BCUT2D eigenvalue weighted by Gasteiger charge is -2.27. The highest BCUT2D eigenvalue weighted by Crippen LogP contribution is 2.41. The third kappa shape index (κ3) is 8.50. The maximum absolute atomic E-state index is 11.6. The Morgan fingerprint density at radius 2 is 1.92 bits per heavy atom. The van der Waals surface area contributed by atoms with E-state index in [0.29, 0.717) is 13.0 Å². The Morgan fingerprint density at radius 3 is 2.46 bits per heavy atom. The number of hydrogen-bond acceptors (Lipinski definition) is 3. The number of halogens is 1. The van der Waals surface area contributed by atoms with E-state index in [1.54, 1.807) is 26.1 Å². The number of guanidine groups is 1. The minimum Gasteiger partial charge on any atom is -0.385 e. The van der Waals surface area contributed by atoms with E-state index in [9.17, 15) is 4.79 Å². The molecule has 24 heavy (non-hydrogen) atoms. The van der Waals surface area contributed by atoms with Gasteiger partial charge in [-0.05, 0) is 31.6 Å². The molecule has 2 N–H and O–H groups in total. The van der Waals surface area contributed by atoms with Crippen molar-refractivity contribution in [1.82, 2.24) is 15.5 Å². The van der Waals surface area contributed by atoms with Gasteiger partial charge in [-0.2, -0.15) is 0 Å². The van der Waals surface area contributed by atoms with Crippen molar-refractivity contribution >= 4 is 35.8 Å². The highest BCUT2D eigenvalue weighted by Gasteiger charge is 2.33. The average molecular weight is 454 g/mol. The minimum absolute atomic E-state index is 0. The van der Waals surface area contributed by atoms with Gasteiger partial charge >= 0.3 is 0 Å². The lowest BCUT2D eigenvalue weighted by atomic mass is 9.83. The van der Waals surface area contributed by atoms with E-state index >= 15 is 0 Å². The normalized spacial score (nSPS) is 16.4. The molecule has 1 rings (SSSR count). The number of methoxy groups -OCH3 is 1. The quantitative estimate of drug-likeness (QED) is 0.319. The lowest BCUT2D eigenvalue weighted by Crippen LogP contribution is -2.40. The molecule has 6 nitrogen and oxygen atoms in total. The maximum Gasteiger partial charge on any atom is 0.223 e. The van der Waals surface area contributed by atoms with Crippen LogP contribution in [0.15, 0.2) is 4.99 Å². The second-order valence-corrected chi connectivity index (χ2v) is 6.61. The van der Waals surface area contributed by atoms with Crippen LogP contribution < -0.4 is 10.6 Å². The lowest BCUT2D eigenvalue weighted by molar-refractivity contribution is -0.128. The van der Waals surface area contributed by atoms with E-state index in [-0.39, 0.29) is 35.3 Å². The van der Waals surface area contributed by atoms with Crippen molar-refractivity contribution < 1.29 is 9.53 Å². The Morgan fingerprint density at radius 1 is 1.25 bits per heavy atom. The fourth-order valence-corrected chi connectivity index (χ4v) is 3.03. The van der Waals surface area contributed by atoms with Crippen LogP contribution in [0.5, 0.6) is 0 Å². The number of carbonyl (C=O) groups excluding carboxylic acids is 1. The van der Waals surface area contributed by atoms with Gasteiger partial charge in [-0.1, -0.05) is 12.8 Å². The molecule has 0 heterocycles. The van der Waals surface area contributed by atoms with E-state index in [1.165, 1.54) is 25.7 Å². The van der Waals surface area contributed by atoms with Gasteiger partial charge in [-0.15, -0.1) is 24.0 Å². The molecule has 0 atom stereocenters. The van der Waals surface area contributed by atoms with Gasteiger partial charge in [0.25, 0.3) is 0 Å². The molecular formula is C17H35IN4O2. The van der Waals surface area contributed by atoms with Crippen LogP contribution in [0.4, 0.5) is 0 Å². The molecule has 1 saturated carbocycles. The zero-order valence-electron chi connectivity index (χ0n) is 15.7. The minimum atomic E-state index is 0. The van der Waals surface area contributed by atoms with Crippen LogP contribution in [0, 0.1) is 5.41 Å². The second kappa shape index (κ2) is 12.7. The fourth-order valence-electron chi connectivity index (χ4n) is 3.03. The summed E-state index contributed by atoms with van der Waals surface area (Å²) in [5, 5.41) is 6.53. The van der Waals surface area contributed by atoms with Crippen molar-refractivity contribution in [2.75, 3.05) is 47.4 Å². The van der Waals surface area contributed by atoms with Crippen LogP contribution in [0.1, 0.15) is 45.4 Å². The number of hydrogen-bond donors (Lipinski definition) is 2. The molecule has 0 aliphatic heterocycles. The van der Waals surface area contributed by atoms with Gasteiger partial charge in [0.2, 0.25) is 5.91 Å². The van der Waals surface area contributed by atoms with Gasteiger partial charge in [0.05, 0.1) is 0 Å². The molecule has 1 amide bonds. The van der Waals surface area contributed by atoms with Crippen LogP contribution in [0.25, 0.3) is 0 Å². The van der Waals surface area contributed by atoms with E-state index < -0.39 is 0 Å². The summed E-state index contributed by atoms with van der Waals surface area (Å²) in [4.78, 5) is 18.0. The van der Waals surface area contributed by atoms with E-state index in [2.05, 4.69) is 17.6 Å². The Hall–Kier alpha value is -0.570. The Labute approximate surface area is 164 Å². The van der Waals surface area contributed by atoms with E-state index in [0.717, 1.165) is 32.1 Å². The first-order valence-electron chi connectivity index (χ1n) is 8.74. The van der Waals surface area contributed by atoms with Crippen molar-refractivity contribution in [1.29, 1.82) is 0 Å². The van der Waals surface area contributed by atoms with Crippen LogP contribution in [0.2, 0.25) is 0 Å². The summed E-state index contributed by atoms with van der Waals surface area (Å²) in [6, 6.07) is 0. The third-order valence-corrected chi connectivity index (χ3v) is 4.55. The molecule has 1 fully saturated rings. The smallest absolute Gasteiger partial charge is 0.223 e. The highest BCUT2D eigenvalue weighted by atomic mass is 127. The monoisotopic (exact) mass is 454 g/mol. The zero-order chi connectivity index (χ0) is 17.1. The molecule has 0 radical (unpaired) electrons. The molecule has 0 aromatic carbocycles. The van der Waals surface area contributed by atoms with Crippen LogP contribution in [-0.4, -0.2) is 64.2 Å². The standard InChI is InChI=1S/C17H34N4O2.HI/c1-5-18-16(19-12-8-15(22)21(2)3)20-14-17(11-13-23-4)9-6-7-10-17;/h5-14H2,1-4H3,(H2,18,19,20);1H. The summed E-state index contributed by atoms with van der Waals surface area (Å²) >= 11 is 0. The predicted octanol–water partition coefficient (Wildman–Crippen LogP) is 2.23. The first kappa shape index (κ1) is 23.4. The Kier molecular flexibility index (Phi) is 12.4. The Bertz CT molecular complexity index is 383. The van der Waals surface area contributed by atoms with Crippen LogP contribution in [0.3, 0.4) is 0 Å². The molecule has 1 aliphatic carbocycles. The molecule has 0 unspecified atom stereocenters. The van der Waals surface area contributed by atoms with Gasteiger partial charge in [-0.3, -0.25) is 9.79 Å². The SMILES string of the molecule is CCNC(=NCC1(CCOC)CCCC1)NCCC(=O)N(C)C.I. The number of aliphatic imine (C=N–C) groups is 1. The maximum atomic E-state index is 11.6. The van der Waals surface area contributed by atoms with Crippen LogP contribution >= 0.6 is 24.0 Å². The Balaban J connectivity index is 0.00000529. The molecular weight excluding hydrogens is 419 g/mol. The molecule has 142 valence electrons. The first-order valence-corrected chi connectivity index (χ1v) is 8.74. The van der Waals surface area contributed by atoms with Crippen molar-refractivity contribution in [3.63, 3.8) is 0 Å². The number of amides is 1. The number of rotatable bonds is 9. The van der Waals surface area contributed by atoms with Gasteiger partial charge < -0.3 is 20.3 Å².